The number of aromatic amines is 1. The number of carbonyl (C=O) groups is 2. The molecular weight excluding hydrogens is 471 g/mol. The summed E-state index contributed by atoms with van der Waals surface area (Å²) in [6.07, 6.45) is -8.99. The van der Waals surface area contributed by atoms with Gasteiger partial charge in [-0.2, -0.15) is 18.2 Å². The largest absolute Gasteiger partial charge is 0.454 e. The average Bonchev–Trinajstić information content (AvgIpc) is 3.31. The molecule has 2 aromatic rings. The molecule has 4 N–H and O–H groups in total. The molecule has 34 heavy (non-hydrogen) atoms. The predicted molar refractivity (Wildman–Crippen MR) is 105 cm³/mol. The average molecular weight is 493 g/mol. The van der Waals surface area contributed by atoms with Crippen molar-refractivity contribution in [3.63, 3.8) is 0 Å². The second-order valence-electron chi connectivity index (χ2n) is 7.67. The molecule has 0 saturated carbocycles. The Labute approximate surface area is 188 Å². The molecule has 13 nitrogen and oxygen atoms in total. The van der Waals surface area contributed by atoms with Gasteiger partial charge in [0.1, 0.15) is 24.9 Å². The fourth-order valence-electron chi connectivity index (χ4n) is 3.07. The minimum Gasteiger partial charge on any atom is -0.454 e. The molecule has 16 heteroatoms. The molecule has 1 aliphatic heterocycles. The van der Waals surface area contributed by atoms with Crippen LogP contribution < -0.4 is 10.9 Å². The molecule has 0 aromatic carbocycles. The maximum absolute atomic E-state index is 12.4. The summed E-state index contributed by atoms with van der Waals surface area (Å²) in [4.78, 5) is 46.4. The SMILES string of the molecule is CC(C)C(=O)Nc1nc2c(ncn2[C@@H]2OC(CO)C(O)C2OCC(=O)OCC(F)(F)F)c(=O)[nH]1. The van der Waals surface area contributed by atoms with E-state index in [2.05, 4.69) is 25.0 Å². The number of imidazole rings is 1. The summed E-state index contributed by atoms with van der Waals surface area (Å²) in [6, 6.07) is 0. The number of ether oxygens (including phenoxy) is 3. The van der Waals surface area contributed by atoms with E-state index in [0.29, 0.717) is 0 Å². The van der Waals surface area contributed by atoms with Gasteiger partial charge in [-0.1, -0.05) is 13.8 Å². The standard InChI is InChI=1S/C18H22F3N5O8/c1-7(2)14(30)24-17-23-13-10(15(31)25-17)22-6-26(13)16-12(11(29)8(3-27)34-16)32-4-9(28)33-5-18(19,20)21/h6-8,11-12,16,27,29H,3-5H2,1-2H3,(H2,23,24,25,30,31)/t8?,11?,12?,16-/m1/s1. The number of alkyl halides is 3. The second-order valence-corrected chi connectivity index (χ2v) is 7.67. The summed E-state index contributed by atoms with van der Waals surface area (Å²) in [6.45, 7) is -0.189. The van der Waals surface area contributed by atoms with Gasteiger partial charge in [0.15, 0.2) is 24.0 Å². The van der Waals surface area contributed by atoms with Crippen molar-refractivity contribution in [3.05, 3.63) is 16.7 Å². The number of fused-ring (bicyclic) bond motifs is 1. The number of nitrogens with zero attached hydrogens (tertiary/aromatic N) is 3. The van der Waals surface area contributed by atoms with Gasteiger partial charge in [-0.3, -0.25) is 24.5 Å². The van der Waals surface area contributed by atoms with E-state index in [1.165, 1.54) is 4.57 Å². The maximum atomic E-state index is 12.4. The first-order chi connectivity index (χ1) is 15.9. The monoisotopic (exact) mass is 493 g/mol. The predicted octanol–water partition coefficient (Wildman–Crippen LogP) is -0.545. The molecule has 1 fully saturated rings. The lowest BCUT2D eigenvalue weighted by molar-refractivity contribution is -0.191. The number of halogens is 3. The van der Waals surface area contributed by atoms with Gasteiger partial charge in [-0.05, 0) is 0 Å². The van der Waals surface area contributed by atoms with Crippen LogP contribution >= 0.6 is 0 Å². The smallest absolute Gasteiger partial charge is 0.422 e. The molecule has 2 aromatic heterocycles. The highest BCUT2D eigenvalue weighted by Gasteiger charge is 2.46. The lowest BCUT2D eigenvalue weighted by Crippen LogP contribution is -2.37. The van der Waals surface area contributed by atoms with Gasteiger partial charge in [0.25, 0.3) is 5.56 Å². The van der Waals surface area contributed by atoms with Crippen LogP contribution in [0.5, 0.6) is 0 Å². The zero-order valence-corrected chi connectivity index (χ0v) is 17.9. The zero-order valence-electron chi connectivity index (χ0n) is 17.9. The number of aromatic nitrogens is 4. The van der Waals surface area contributed by atoms with Crippen molar-refractivity contribution in [2.24, 2.45) is 5.92 Å². The van der Waals surface area contributed by atoms with E-state index >= 15 is 0 Å². The van der Waals surface area contributed by atoms with Crippen molar-refractivity contribution in [1.82, 2.24) is 19.5 Å². The third kappa shape index (κ3) is 5.69. The first kappa shape index (κ1) is 25.5. The molecule has 1 amide bonds. The molecule has 3 rings (SSSR count). The summed E-state index contributed by atoms with van der Waals surface area (Å²) in [5.41, 5.74) is -0.948. The van der Waals surface area contributed by atoms with Crippen molar-refractivity contribution in [2.75, 3.05) is 25.1 Å². The van der Waals surface area contributed by atoms with Gasteiger partial charge in [0.05, 0.1) is 12.9 Å². The quantitative estimate of drug-likeness (QED) is 0.349. The number of carbonyl (C=O) groups excluding carboxylic acids is 2. The molecule has 0 aliphatic carbocycles. The molecule has 4 atom stereocenters. The number of aliphatic hydroxyl groups excluding tert-OH is 2. The number of rotatable bonds is 8. The molecule has 188 valence electrons. The highest BCUT2D eigenvalue weighted by atomic mass is 19.4. The summed E-state index contributed by atoms with van der Waals surface area (Å²) >= 11 is 0. The molecule has 1 saturated heterocycles. The van der Waals surface area contributed by atoms with Crippen LogP contribution in [-0.2, 0) is 23.8 Å². The van der Waals surface area contributed by atoms with Crippen LogP contribution in [0.3, 0.4) is 0 Å². The number of hydrogen-bond acceptors (Lipinski definition) is 10. The zero-order chi connectivity index (χ0) is 25.2. The Morgan fingerprint density at radius 1 is 1.38 bits per heavy atom. The van der Waals surface area contributed by atoms with E-state index in [1.54, 1.807) is 13.8 Å². The number of nitrogens with one attached hydrogen (secondary N) is 2. The van der Waals surface area contributed by atoms with Crippen LogP contribution in [0.25, 0.3) is 11.2 Å². The fourth-order valence-corrected chi connectivity index (χ4v) is 3.07. The summed E-state index contributed by atoms with van der Waals surface area (Å²) in [7, 11) is 0. The minimum atomic E-state index is -4.73. The molecule has 0 spiro atoms. The maximum Gasteiger partial charge on any atom is 0.422 e. The fraction of sp³-hybridized carbons (Fsp3) is 0.611. The van der Waals surface area contributed by atoms with E-state index in [-0.39, 0.29) is 17.1 Å². The van der Waals surface area contributed by atoms with E-state index in [0.717, 1.165) is 6.33 Å². The van der Waals surface area contributed by atoms with Gasteiger partial charge in [0, 0.05) is 5.92 Å². The third-order valence-corrected chi connectivity index (χ3v) is 4.76. The van der Waals surface area contributed by atoms with Crippen LogP contribution in [0.4, 0.5) is 19.1 Å². The molecular formula is C18H22F3N5O8. The minimum absolute atomic E-state index is 0.0909. The summed E-state index contributed by atoms with van der Waals surface area (Å²) in [5.74, 6) is -2.39. The third-order valence-electron chi connectivity index (χ3n) is 4.76. The Bertz CT molecular complexity index is 1100. The Hall–Kier alpha value is -3.08. The van der Waals surface area contributed by atoms with E-state index in [1.807, 2.05) is 0 Å². The van der Waals surface area contributed by atoms with Crippen LogP contribution in [0.1, 0.15) is 20.1 Å². The summed E-state index contributed by atoms with van der Waals surface area (Å²) in [5, 5.41) is 22.3. The van der Waals surface area contributed by atoms with Gasteiger partial charge in [0.2, 0.25) is 11.9 Å². The molecule has 3 heterocycles. The highest BCUT2D eigenvalue weighted by Crippen LogP contribution is 2.33. The van der Waals surface area contributed by atoms with Gasteiger partial charge < -0.3 is 24.4 Å². The van der Waals surface area contributed by atoms with Crippen LogP contribution in [0, 0.1) is 5.92 Å². The van der Waals surface area contributed by atoms with Gasteiger partial charge in [-0.15, -0.1) is 0 Å². The number of anilines is 1. The highest BCUT2D eigenvalue weighted by molar-refractivity contribution is 5.91. The molecule has 0 bridgehead atoms. The van der Waals surface area contributed by atoms with Gasteiger partial charge >= 0.3 is 12.1 Å². The number of esters is 1. The van der Waals surface area contributed by atoms with Crippen LogP contribution in [0.15, 0.2) is 11.1 Å². The normalized spacial score (nSPS) is 22.9. The lowest BCUT2D eigenvalue weighted by atomic mass is 10.1. The number of H-pyrrole nitrogens is 1. The molecule has 0 radical (unpaired) electrons. The number of amides is 1. The summed E-state index contributed by atoms with van der Waals surface area (Å²) < 4.78 is 52.7. The van der Waals surface area contributed by atoms with E-state index in [9.17, 15) is 37.8 Å². The van der Waals surface area contributed by atoms with Gasteiger partial charge in [-0.25, -0.2) is 9.78 Å². The molecule has 3 unspecified atom stereocenters. The molecule has 1 aliphatic rings. The Morgan fingerprint density at radius 3 is 2.71 bits per heavy atom. The number of aliphatic hydroxyl groups is 2. The van der Waals surface area contributed by atoms with Crippen molar-refractivity contribution in [2.45, 2.75) is 44.6 Å². The van der Waals surface area contributed by atoms with Crippen molar-refractivity contribution in [3.8, 4) is 0 Å². The Morgan fingerprint density at radius 2 is 2.09 bits per heavy atom. The van der Waals surface area contributed by atoms with E-state index < -0.39 is 73.9 Å². The first-order valence-electron chi connectivity index (χ1n) is 9.97. The Balaban J connectivity index is 1.87. The van der Waals surface area contributed by atoms with Crippen LogP contribution in [-0.4, -0.2) is 85.9 Å². The van der Waals surface area contributed by atoms with Crippen molar-refractivity contribution < 1.29 is 47.2 Å². The lowest BCUT2D eigenvalue weighted by Gasteiger charge is -2.21. The first-order valence-corrected chi connectivity index (χ1v) is 9.97. The van der Waals surface area contributed by atoms with Crippen molar-refractivity contribution >= 4 is 29.0 Å². The second kappa shape index (κ2) is 10.0. The van der Waals surface area contributed by atoms with E-state index in [4.69, 9.17) is 9.47 Å². The number of hydrogen-bond donors (Lipinski definition) is 4. The van der Waals surface area contributed by atoms with Crippen LogP contribution in [0.2, 0.25) is 0 Å². The Kier molecular flexibility index (Phi) is 7.54. The topological polar surface area (TPSA) is 178 Å². The van der Waals surface area contributed by atoms with Crippen molar-refractivity contribution in [1.29, 1.82) is 0 Å².